The lowest BCUT2D eigenvalue weighted by Crippen LogP contribution is -1.70. The van der Waals surface area contributed by atoms with Crippen molar-refractivity contribution in [3.05, 3.63) is 30.6 Å². The molecule has 4 heteroatoms. The number of pyridine rings is 1. The number of halogens is 2. The van der Waals surface area contributed by atoms with Crippen molar-refractivity contribution in [1.29, 1.82) is 0 Å². The SMILES string of the molecule is ClCCl.c1cnc2[nH]ccc2c1. The Kier molecular flexibility index (Phi) is 3.91. The number of hydrogen-bond acceptors (Lipinski definition) is 1. The van der Waals surface area contributed by atoms with E-state index in [9.17, 15) is 0 Å². The third-order valence-electron chi connectivity index (χ3n) is 1.32. The number of aromatic nitrogens is 2. The number of aromatic amines is 1. The van der Waals surface area contributed by atoms with Gasteiger partial charge in [-0.3, -0.25) is 0 Å². The van der Waals surface area contributed by atoms with Gasteiger partial charge < -0.3 is 4.98 Å². The van der Waals surface area contributed by atoms with Gasteiger partial charge in [0.25, 0.3) is 0 Å². The molecule has 0 aliphatic carbocycles. The summed E-state index contributed by atoms with van der Waals surface area (Å²) in [6, 6.07) is 5.96. The zero-order valence-corrected chi connectivity index (χ0v) is 7.81. The first-order chi connectivity index (χ1) is 5.88. The molecule has 2 heterocycles. The number of rotatable bonds is 0. The second kappa shape index (κ2) is 5.01. The van der Waals surface area contributed by atoms with E-state index in [4.69, 9.17) is 23.2 Å². The maximum absolute atomic E-state index is 4.76. The summed E-state index contributed by atoms with van der Waals surface area (Å²) in [7, 11) is 0. The van der Waals surface area contributed by atoms with Crippen molar-refractivity contribution in [2.24, 2.45) is 0 Å². The van der Waals surface area contributed by atoms with Crippen molar-refractivity contribution in [2.75, 3.05) is 5.34 Å². The fraction of sp³-hybridized carbons (Fsp3) is 0.125. The smallest absolute Gasteiger partial charge is 0.137 e. The Morgan fingerprint density at radius 2 is 2.08 bits per heavy atom. The highest BCUT2D eigenvalue weighted by Gasteiger charge is 1.88. The van der Waals surface area contributed by atoms with E-state index < -0.39 is 0 Å². The van der Waals surface area contributed by atoms with Crippen molar-refractivity contribution < 1.29 is 0 Å². The minimum Gasteiger partial charge on any atom is -0.346 e. The summed E-state index contributed by atoms with van der Waals surface area (Å²) >= 11 is 9.53. The lowest BCUT2D eigenvalue weighted by molar-refractivity contribution is 1.33. The summed E-state index contributed by atoms with van der Waals surface area (Å²) < 4.78 is 0. The van der Waals surface area contributed by atoms with Crippen molar-refractivity contribution >= 4 is 34.2 Å². The molecule has 0 bridgehead atoms. The van der Waals surface area contributed by atoms with Crippen LogP contribution in [0, 0.1) is 0 Å². The number of nitrogens with one attached hydrogen (secondary N) is 1. The highest BCUT2D eigenvalue weighted by Crippen LogP contribution is 2.05. The molecule has 2 aromatic rings. The molecule has 0 fully saturated rings. The van der Waals surface area contributed by atoms with Gasteiger partial charge in [-0.2, -0.15) is 0 Å². The maximum Gasteiger partial charge on any atom is 0.137 e. The molecular formula is C8H8Cl2N2. The fourth-order valence-corrected chi connectivity index (χ4v) is 0.883. The fourth-order valence-electron chi connectivity index (χ4n) is 0.883. The minimum atomic E-state index is 0.194. The quantitative estimate of drug-likeness (QED) is 0.655. The van der Waals surface area contributed by atoms with E-state index in [0.717, 1.165) is 11.0 Å². The van der Waals surface area contributed by atoms with Crippen LogP contribution in [0.1, 0.15) is 0 Å². The molecule has 0 saturated heterocycles. The van der Waals surface area contributed by atoms with Crippen LogP contribution in [0.4, 0.5) is 0 Å². The topological polar surface area (TPSA) is 28.7 Å². The highest BCUT2D eigenvalue weighted by molar-refractivity contribution is 6.40. The van der Waals surface area contributed by atoms with Crippen molar-refractivity contribution in [2.45, 2.75) is 0 Å². The van der Waals surface area contributed by atoms with Crippen LogP contribution in [-0.2, 0) is 0 Å². The van der Waals surface area contributed by atoms with E-state index in [1.54, 1.807) is 6.20 Å². The average Bonchev–Trinajstić information content (AvgIpc) is 2.52. The van der Waals surface area contributed by atoms with Crippen LogP contribution in [0.3, 0.4) is 0 Å². The Hall–Kier alpha value is -0.730. The summed E-state index contributed by atoms with van der Waals surface area (Å²) in [6.07, 6.45) is 3.66. The predicted molar refractivity (Wildman–Crippen MR) is 52.7 cm³/mol. The van der Waals surface area contributed by atoms with Gasteiger partial charge in [0, 0.05) is 17.8 Å². The van der Waals surface area contributed by atoms with Crippen LogP contribution >= 0.6 is 23.2 Å². The lowest BCUT2D eigenvalue weighted by atomic mass is 10.3. The molecule has 2 rings (SSSR count). The van der Waals surface area contributed by atoms with Crippen molar-refractivity contribution in [3.63, 3.8) is 0 Å². The highest BCUT2D eigenvalue weighted by atomic mass is 35.5. The molecule has 12 heavy (non-hydrogen) atoms. The number of nitrogens with zero attached hydrogens (tertiary/aromatic N) is 1. The van der Waals surface area contributed by atoms with Gasteiger partial charge in [0.2, 0.25) is 0 Å². The molecule has 2 nitrogen and oxygen atoms in total. The largest absolute Gasteiger partial charge is 0.346 e. The molecule has 0 unspecified atom stereocenters. The molecule has 1 N–H and O–H groups in total. The summed E-state index contributed by atoms with van der Waals surface area (Å²) in [4.78, 5) is 7.09. The lowest BCUT2D eigenvalue weighted by Gasteiger charge is -1.82. The summed E-state index contributed by atoms with van der Waals surface area (Å²) in [5.41, 5.74) is 0.956. The summed E-state index contributed by atoms with van der Waals surface area (Å²) in [5, 5.41) is 1.36. The molecule has 0 spiro atoms. The average molecular weight is 203 g/mol. The molecule has 0 aromatic carbocycles. The van der Waals surface area contributed by atoms with Crippen LogP contribution < -0.4 is 0 Å². The van der Waals surface area contributed by atoms with E-state index in [1.165, 1.54) is 0 Å². The van der Waals surface area contributed by atoms with Crippen LogP contribution in [0.15, 0.2) is 30.6 Å². The first kappa shape index (κ1) is 9.36. The normalized spacial score (nSPS) is 9.17. The number of fused-ring (bicyclic) bond motifs is 1. The Morgan fingerprint density at radius 1 is 1.33 bits per heavy atom. The Morgan fingerprint density at radius 3 is 2.75 bits per heavy atom. The van der Waals surface area contributed by atoms with E-state index >= 15 is 0 Å². The second-order valence-corrected chi connectivity index (χ2v) is 2.83. The molecule has 2 aromatic heterocycles. The molecule has 0 saturated carbocycles. The van der Waals surface area contributed by atoms with E-state index in [-0.39, 0.29) is 5.34 Å². The molecule has 0 atom stereocenters. The van der Waals surface area contributed by atoms with Crippen molar-refractivity contribution in [1.82, 2.24) is 9.97 Å². The standard InChI is InChI=1S/C7H6N2.CH2Cl2/c1-2-6-3-5-9-7(6)8-4-1;2-1-3/h1-5H,(H,8,9);1H2. The second-order valence-electron chi connectivity index (χ2n) is 2.02. The Labute approximate surface area is 80.5 Å². The van der Waals surface area contributed by atoms with Gasteiger partial charge in [-0.1, -0.05) is 0 Å². The van der Waals surface area contributed by atoms with Crippen LogP contribution in [0.25, 0.3) is 11.0 Å². The van der Waals surface area contributed by atoms with Gasteiger partial charge in [0.15, 0.2) is 0 Å². The minimum absolute atomic E-state index is 0.194. The molecule has 64 valence electrons. The van der Waals surface area contributed by atoms with Gasteiger partial charge in [-0.05, 0) is 18.2 Å². The molecule has 0 aliphatic rings. The first-order valence-corrected chi connectivity index (χ1v) is 4.45. The van der Waals surface area contributed by atoms with Gasteiger partial charge in [0.1, 0.15) is 5.65 Å². The molecule has 0 aliphatic heterocycles. The maximum atomic E-state index is 4.76. The van der Waals surface area contributed by atoms with Gasteiger partial charge in [-0.15, -0.1) is 23.2 Å². The Balaban J connectivity index is 0.000000213. The van der Waals surface area contributed by atoms with E-state index in [0.29, 0.717) is 0 Å². The number of alkyl halides is 2. The molecular weight excluding hydrogens is 195 g/mol. The number of hydrogen-bond donors (Lipinski definition) is 1. The van der Waals surface area contributed by atoms with Gasteiger partial charge in [-0.25, -0.2) is 4.98 Å². The zero-order chi connectivity index (χ0) is 8.81. The van der Waals surface area contributed by atoms with Crippen molar-refractivity contribution in [3.8, 4) is 0 Å². The monoisotopic (exact) mass is 202 g/mol. The third-order valence-corrected chi connectivity index (χ3v) is 1.32. The third kappa shape index (κ3) is 2.40. The predicted octanol–water partition coefficient (Wildman–Crippen LogP) is 2.98. The molecule has 0 radical (unpaired) electrons. The van der Waals surface area contributed by atoms with Gasteiger partial charge >= 0.3 is 0 Å². The summed E-state index contributed by atoms with van der Waals surface area (Å²) in [6.45, 7) is 0. The Bertz CT molecular complexity index is 302. The first-order valence-electron chi connectivity index (χ1n) is 3.38. The van der Waals surface area contributed by atoms with Crippen LogP contribution in [0.5, 0.6) is 0 Å². The summed E-state index contributed by atoms with van der Waals surface area (Å²) in [5.74, 6) is 0. The number of H-pyrrole nitrogens is 1. The van der Waals surface area contributed by atoms with E-state index in [2.05, 4.69) is 9.97 Å². The van der Waals surface area contributed by atoms with Gasteiger partial charge in [0.05, 0.1) is 5.34 Å². The van der Waals surface area contributed by atoms with Crippen LogP contribution in [0.2, 0.25) is 0 Å². The van der Waals surface area contributed by atoms with Crippen LogP contribution in [-0.4, -0.2) is 15.3 Å². The molecule has 0 amide bonds. The zero-order valence-electron chi connectivity index (χ0n) is 6.30. The van der Waals surface area contributed by atoms with E-state index in [1.807, 2.05) is 24.4 Å².